The molecule has 2 rings (SSSR count). The number of nitrogens with one attached hydrogen (secondary N) is 2. The van der Waals surface area contributed by atoms with Gasteiger partial charge in [-0.05, 0) is 47.0 Å². The van der Waals surface area contributed by atoms with E-state index in [-0.39, 0.29) is 5.91 Å². The molecule has 0 bridgehead atoms. The lowest BCUT2D eigenvalue weighted by molar-refractivity contribution is 0.102. The summed E-state index contributed by atoms with van der Waals surface area (Å²) in [5.41, 5.74) is 1.90. The second-order valence-electron chi connectivity index (χ2n) is 4.13. The average molecular weight is 326 g/mol. The van der Waals surface area contributed by atoms with Crippen LogP contribution in [0.25, 0.3) is 0 Å². The number of hydrogen-bond acceptors (Lipinski definition) is 2. The van der Waals surface area contributed by atoms with Crippen molar-refractivity contribution in [3.05, 3.63) is 45.3 Å². The summed E-state index contributed by atoms with van der Waals surface area (Å²) in [7, 11) is 0. The molecule has 0 saturated carbocycles. The number of amides is 1. The number of hydrogen-bond donors (Lipinski definition) is 2. The lowest BCUT2D eigenvalue weighted by Gasteiger charge is -2.06. The number of halogens is 2. The highest BCUT2D eigenvalue weighted by atomic mass is 79.9. The van der Waals surface area contributed by atoms with Gasteiger partial charge in [0.05, 0.1) is 10.2 Å². The Morgan fingerprint density at radius 3 is 2.89 bits per heavy atom. The van der Waals surface area contributed by atoms with Crippen molar-refractivity contribution in [3.8, 4) is 0 Å². The SMILES string of the molecule is CCc1[nH]nc(NC(=O)c2cc(F)ccc2C)c1Br. The maximum atomic E-state index is 13.2. The smallest absolute Gasteiger partial charge is 0.257 e. The lowest BCUT2D eigenvalue weighted by Crippen LogP contribution is -2.14. The first-order valence-electron chi connectivity index (χ1n) is 5.83. The molecule has 19 heavy (non-hydrogen) atoms. The summed E-state index contributed by atoms with van der Waals surface area (Å²) >= 11 is 3.36. The van der Waals surface area contributed by atoms with E-state index in [1.165, 1.54) is 12.1 Å². The largest absolute Gasteiger partial charge is 0.304 e. The van der Waals surface area contributed by atoms with Gasteiger partial charge in [0, 0.05) is 5.56 Å². The summed E-state index contributed by atoms with van der Waals surface area (Å²) in [5.74, 6) is -0.413. The van der Waals surface area contributed by atoms with Gasteiger partial charge in [0.25, 0.3) is 5.91 Å². The predicted octanol–water partition coefficient (Wildman–Crippen LogP) is 3.43. The number of carbonyl (C=O) groups is 1. The number of aryl methyl sites for hydroxylation is 2. The van der Waals surface area contributed by atoms with E-state index in [9.17, 15) is 9.18 Å². The predicted molar refractivity (Wildman–Crippen MR) is 74.8 cm³/mol. The van der Waals surface area contributed by atoms with Crippen molar-refractivity contribution < 1.29 is 9.18 Å². The number of aromatic amines is 1. The van der Waals surface area contributed by atoms with Gasteiger partial charge in [0.1, 0.15) is 5.82 Å². The molecular weight excluding hydrogens is 313 g/mol. The molecule has 2 N–H and O–H groups in total. The molecule has 100 valence electrons. The zero-order valence-electron chi connectivity index (χ0n) is 10.6. The Morgan fingerprint density at radius 1 is 1.53 bits per heavy atom. The standard InChI is InChI=1S/C13H13BrFN3O/c1-3-10-11(14)12(18-17-10)16-13(19)9-6-8(15)5-4-7(9)2/h4-6H,3H2,1-2H3,(H2,16,17,18,19). The molecule has 0 aliphatic carbocycles. The first-order chi connectivity index (χ1) is 9.02. The molecule has 6 heteroatoms. The van der Waals surface area contributed by atoms with Gasteiger partial charge in [0.15, 0.2) is 5.82 Å². The van der Waals surface area contributed by atoms with Gasteiger partial charge < -0.3 is 5.32 Å². The summed E-state index contributed by atoms with van der Waals surface area (Å²) in [6.45, 7) is 3.73. The third-order valence-corrected chi connectivity index (χ3v) is 3.66. The van der Waals surface area contributed by atoms with E-state index in [1.54, 1.807) is 13.0 Å². The Kier molecular flexibility index (Phi) is 3.99. The van der Waals surface area contributed by atoms with Gasteiger partial charge in [-0.1, -0.05) is 13.0 Å². The molecular formula is C13H13BrFN3O. The van der Waals surface area contributed by atoms with Crippen molar-refractivity contribution in [1.82, 2.24) is 10.2 Å². The van der Waals surface area contributed by atoms with Crippen LogP contribution in [0, 0.1) is 12.7 Å². The number of carbonyl (C=O) groups excluding carboxylic acids is 1. The van der Waals surface area contributed by atoms with Gasteiger partial charge in [-0.25, -0.2) is 4.39 Å². The van der Waals surface area contributed by atoms with Crippen molar-refractivity contribution in [2.75, 3.05) is 5.32 Å². The summed E-state index contributed by atoms with van der Waals surface area (Å²) in [6, 6.07) is 4.11. The summed E-state index contributed by atoms with van der Waals surface area (Å²) < 4.78 is 13.9. The quantitative estimate of drug-likeness (QED) is 0.908. The van der Waals surface area contributed by atoms with Crippen LogP contribution in [0.1, 0.15) is 28.5 Å². The molecule has 2 aromatic rings. The molecule has 0 spiro atoms. The number of nitrogens with zero attached hydrogens (tertiary/aromatic N) is 1. The van der Waals surface area contributed by atoms with Crippen LogP contribution in [-0.4, -0.2) is 16.1 Å². The Bertz CT molecular complexity index is 624. The molecule has 0 aliphatic heterocycles. The van der Waals surface area contributed by atoms with Gasteiger partial charge in [0.2, 0.25) is 0 Å². The maximum Gasteiger partial charge on any atom is 0.257 e. The van der Waals surface area contributed by atoms with Crippen LogP contribution < -0.4 is 5.32 Å². The molecule has 1 heterocycles. The summed E-state index contributed by atoms with van der Waals surface area (Å²) in [4.78, 5) is 12.1. The first-order valence-corrected chi connectivity index (χ1v) is 6.62. The molecule has 0 fully saturated rings. The first kappa shape index (κ1) is 13.7. The molecule has 1 aromatic carbocycles. The highest BCUT2D eigenvalue weighted by Gasteiger charge is 2.15. The monoisotopic (exact) mass is 325 g/mol. The van der Waals surface area contributed by atoms with Crippen LogP contribution in [0.2, 0.25) is 0 Å². The van der Waals surface area contributed by atoms with Gasteiger partial charge in [-0.15, -0.1) is 0 Å². The van der Waals surface area contributed by atoms with Crippen molar-refractivity contribution in [3.63, 3.8) is 0 Å². The van der Waals surface area contributed by atoms with E-state index in [1.807, 2.05) is 6.92 Å². The number of H-pyrrole nitrogens is 1. The van der Waals surface area contributed by atoms with Crippen molar-refractivity contribution in [2.45, 2.75) is 20.3 Å². The molecule has 0 radical (unpaired) electrons. The van der Waals surface area contributed by atoms with E-state index in [2.05, 4.69) is 31.4 Å². The minimum atomic E-state index is -0.439. The molecule has 1 aromatic heterocycles. The van der Waals surface area contributed by atoms with E-state index in [0.29, 0.717) is 16.9 Å². The Morgan fingerprint density at radius 2 is 2.26 bits per heavy atom. The zero-order chi connectivity index (χ0) is 14.0. The van der Waals surface area contributed by atoms with Crippen LogP contribution in [0.4, 0.5) is 10.2 Å². The second kappa shape index (κ2) is 5.52. The highest BCUT2D eigenvalue weighted by Crippen LogP contribution is 2.24. The molecule has 0 atom stereocenters. The Balaban J connectivity index is 2.25. The van der Waals surface area contributed by atoms with Crippen LogP contribution in [-0.2, 0) is 6.42 Å². The molecule has 0 unspecified atom stereocenters. The van der Waals surface area contributed by atoms with Crippen molar-refractivity contribution >= 4 is 27.7 Å². The second-order valence-corrected chi connectivity index (χ2v) is 4.92. The Hall–Kier alpha value is -1.69. The number of aromatic nitrogens is 2. The third-order valence-electron chi connectivity index (χ3n) is 2.81. The molecule has 0 saturated heterocycles. The normalized spacial score (nSPS) is 10.5. The minimum absolute atomic E-state index is 0.299. The minimum Gasteiger partial charge on any atom is -0.304 e. The van der Waals surface area contributed by atoms with Crippen LogP contribution in [0.15, 0.2) is 22.7 Å². The molecule has 1 amide bonds. The number of rotatable bonds is 3. The summed E-state index contributed by atoms with van der Waals surface area (Å²) in [5, 5.41) is 9.48. The lowest BCUT2D eigenvalue weighted by atomic mass is 10.1. The van der Waals surface area contributed by atoms with Crippen LogP contribution >= 0.6 is 15.9 Å². The van der Waals surface area contributed by atoms with E-state index in [0.717, 1.165) is 16.6 Å². The van der Waals surface area contributed by atoms with E-state index in [4.69, 9.17) is 0 Å². The van der Waals surface area contributed by atoms with Gasteiger partial charge in [-0.3, -0.25) is 9.89 Å². The van der Waals surface area contributed by atoms with E-state index >= 15 is 0 Å². The van der Waals surface area contributed by atoms with Crippen molar-refractivity contribution in [2.24, 2.45) is 0 Å². The zero-order valence-corrected chi connectivity index (χ0v) is 12.1. The summed E-state index contributed by atoms with van der Waals surface area (Å²) in [6.07, 6.45) is 0.766. The van der Waals surface area contributed by atoms with E-state index < -0.39 is 5.82 Å². The van der Waals surface area contributed by atoms with Crippen molar-refractivity contribution in [1.29, 1.82) is 0 Å². The Labute approximate surface area is 118 Å². The topological polar surface area (TPSA) is 57.8 Å². The van der Waals surface area contributed by atoms with Crippen LogP contribution in [0.3, 0.4) is 0 Å². The fourth-order valence-electron chi connectivity index (χ4n) is 1.70. The number of anilines is 1. The maximum absolute atomic E-state index is 13.2. The third kappa shape index (κ3) is 2.84. The van der Waals surface area contributed by atoms with Crippen LogP contribution in [0.5, 0.6) is 0 Å². The fraction of sp³-hybridized carbons (Fsp3) is 0.231. The average Bonchev–Trinajstić information content (AvgIpc) is 2.73. The molecule has 0 aliphatic rings. The highest BCUT2D eigenvalue weighted by molar-refractivity contribution is 9.10. The van der Waals surface area contributed by atoms with Gasteiger partial charge >= 0.3 is 0 Å². The number of benzene rings is 1. The molecule has 4 nitrogen and oxygen atoms in total. The van der Waals surface area contributed by atoms with Gasteiger partial charge in [-0.2, -0.15) is 5.10 Å². The fourth-order valence-corrected chi connectivity index (χ4v) is 2.25.